The quantitative estimate of drug-likeness (QED) is 0.719. The Morgan fingerprint density at radius 3 is 3.08 bits per heavy atom. The van der Waals surface area contributed by atoms with Crippen molar-refractivity contribution in [2.75, 3.05) is 39.1 Å². The molecule has 78 valence electrons. The number of nitrogens with zero attached hydrogens (tertiary/aromatic N) is 1. The summed E-state index contributed by atoms with van der Waals surface area (Å²) in [6.45, 7) is 6.25. The number of hydrogen-bond acceptors (Lipinski definition) is 4. The van der Waals surface area contributed by atoms with Crippen molar-refractivity contribution in [2.24, 2.45) is 5.73 Å². The van der Waals surface area contributed by atoms with Gasteiger partial charge >= 0.3 is 0 Å². The Kier molecular flexibility index (Phi) is 5.09. The van der Waals surface area contributed by atoms with Gasteiger partial charge in [-0.2, -0.15) is 11.8 Å². The van der Waals surface area contributed by atoms with Crippen molar-refractivity contribution in [3.8, 4) is 0 Å². The summed E-state index contributed by atoms with van der Waals surface area (Å²) in [5, 5.41) is 0.753. The summed E-state index contributed by atoms with van der Waals surface area (Å²) in [5.41, 5.74) is 5.89. The monoisotopic (exact) mass is 204 g/mol. The first kappa shape index (κ1) is 11.3. The van der Waals surface area contributed by atoms with Crippen LogP contribution in [0, 0.1) is 0 Å². The van der Waals surface area contributed by atoms with E-state index in [0.717, 1.165) is 11.8 Å². The predicted octanol–water partition coefficient (Wildman–Crippen LogP) is 0.397. The average Bonchev–Trinajstić information content (AvgIpc) is 2.04. The summed E-state index contributed by atoms with van der Waals surface area (Å²) in [5.74, 6) is 1.24. The third kappa shape index (κ3) is 4.31. The van der Waals surface area contributed by atoms with Gasteiger partial charge in [0.05, 0.1) is 6.61 Å². The van der Waals surface area contributed by atoms with E-state index < -0.39 is 0 Å². The van der Waals surface area contributed by atoms with Gasteiger partial charge in [-0.3, -0.25) is 4.90 Å². The van der Waals surface area contributed by atoms with Crippen molar-refractivity contribution >= 4 is 11.8 Å². The molecule has 0 radical (unpaired) electrons. The maximum Gasteiger partial charge on any atom is 0.0626 e. The van der Waals surface area contributed by atoms with Crippen LogP contribution in [0.25, 0.3) is 0 Å². The molecular weight excluding hydrogens is 184 g/mol. The van der Waals surface area contributed by atoms with Crippen molar-refractivity contribution in [3.05, 3.63) is 0 Å². The SMILES string of the molecule is COCC(N)CN1CCSC(C)C1. The molecule has 1 aliphatic rings. The maximum atomic E-state index is 5.89. The maximum absolute atomic E-state index is 5.89. The molecule has 1 rings (SSSR count). The van der Waals surface area contributed by atoms with Crippen LogP contribution in [0.5, 0.6) is 0 Å². The van der Waals surface area contributed by atoms with Gasteiger partial charge in [0.15, 0.2) is 0 Å². The van der Waals surface area contributed by atoms with E-state index in [1.165, 1.54) is 18.8 Å². The summed E-state index contributed by atoms with van der Waals surface area (Å²) in [6.07, 6.45) is 0. The van der Waals surface area contributed by atoms with Crippen LogP contribution < -0.4 is 5.73 Å². The third-order valence-electron chi connectivity index (χ3n) is 2.20. The highest BCUT2D eigenvalue weighted by atomic mass is 32.2. The van der Waals surface area contributed by atoms with Crippen molar-refractivity contribution in [3.63, 3.8) is 0 Å². The highest BCUT2D eigenvalue weighted by Gasteiger charge is 2.18. The Hall–Kier alpha value is 0.230. The van der Waals surface area contributed by atoms with E-state index >= 15 is 0 Å². The van der Waals surface area contributed by atoms with E-state index in [1.54, 1.807) is 7.11 Å². The van der Waals surface area contributed by atoms with Crippen molar-refractivity contribution < 1.29 is 4.74 Å². The fourth-order valence-corrected chi connectivity index (χ4v) is 2.74. The zero-order valence-corrected chi connectivity index (χ0v) is 9.35. The Bertz CT molecular complexity index is 146. The molecule has 0 saturated carbocycles. The number of thioether (sulfide) groups is 1. The Morgan fingerprint density at radius 1 is 1.69 bits per heavy atom. The molecule has 1 saturated heterocycles. The van der Waals surface area contributed by atoms with Crippen LogP contribution >= 0.6 is 11.8 Å². The minimum atomic E-state index is 0.167. The second-order valence-corrected chi connectivity index (χ2v) is 5.20. The van der Waals surface area contributed by atoms with Gasteiger partial charge in [-0.1, -0.05) is 6.92 Å². The van der Waals surface area contributed by atoms with E-state index in [9.17, 15) is 0 Å². The molecule has 0 aromatic heterocycles. The van der Waals surface area contributed by atoms with Crippen LogP contribution in [0.1, 0.15) is 6.92 Å². The van der Waals surface area contributed by atoms with E-state index in [0.29, 0.717) is 6.61 Å². The summed E-state index contributed by atoms with van der Waals surface area (Å²) >= 11 is 2.05. The van der Waals surface area contributed by atoms with Gasteiger partial charge < -0.3 is 10.5 Å². The molecule has 2 unspecified atom stereocenters. The van der Waals surface area contributed by atoms with Crippen molar-refractivity contribution in [1.82, 2.24) is 4.90 Å². The first-order chi connectivity index (χ1) is 6.22. The molecule has 0 aromatic rings. The van der Waals surface area contributed by atoms with Crippen LogP contribution in [0.15, 0.2) is 0 Å². The van der Waals surface area contributed by atoms with Crippen LogP contribution in [0.4, 0.5) is 0 Å². The summed E-state index contributed by atoms with van der Waals surface area (Å²) in [6, 6.07) is 0.167. The largest absolute Gasteiger partial charge is 0.383 e. The Morgan fingerprint density at radius 2 is 2.46 bits per heavy atom. The molecule has 0 amide bonds. The molecule has 0 bridgehead atoms. The number of methoxy groups -OCH3 is 1. The van der Waals surface area contributed by atoms with Gasteiger partial charge in [0, 0.05) is 43.8 Å². The van der Waals surface area contributed by atoms with Gasteiger partial charge in [0.2, 0.25) is 0 Å². The van der Waals surface area contributed by atoms with Gasteiger partial charge in [0.25, 0.3) is 0 Å². The zero-order chi connectivity index (χ0) is 9.68. The number of nitrogens with two attached hydrogens (primary N) is 1. The molecule has 1 fully saturated rings. The lowest BCUT2D eigenvalue weighted by Crippen LogP contribution is -2.45. The van der Waals surface area contributed by atoms with E-state index in [2.05, 4.69) is 11.8 Å². The predicted molar refractivity (Wildman–Crippen MR) is 58.2 cm³/mol. The lowest BCUT2D eigenvalue weighted by Gasteiger charge is -2.32. The van der Waals surface area contributed by atoms with Crippen LogP contribution in [0.2, 0.25) is 0 Å². The van der Waals surface area contributed by atoms with Crippen LogP contribution in [-0.2, 0) is 4.74 Å². The molecule has 3 nitrogen and oxygen atoms in total. The van der Waals surface area contributed by atoms with E-state index in [1.807, 2.05) is 11.8 Å². The minimum Gasteiger partial charge on any atom is -0.383 e. The van der Waals surface area contributed by atoms with Gasteiger partial charge in [-0.05, 0) is 0 Å². The fourth-order valence-electron chi connectivity index (χ4n) is 1.65. The molecule has 0 aromatic carbocycles. The second kappa shape index (κ2) is 5.86. The first-order valence-electron chi connectivity index (χ1n) is 4.81. The molecule has 13 heavy (non-hydrogen) atoms. The van der Waals surface area contributed by atoms with Crippen LogP contribution in [-0.4, -0.2) is 55.3 Å². The Balaban J connectivity index is 2.19. The standard InChI is InChI=1S/C9H20N2OS/c1-8-5-11(3-4-13-8)6-9(10)7-12-2/h8-9H,3-7,10H2,1-2H3. The molecular formula is C9H20N2OS. The molecule has 0 spiro atoms. The summed E-state index contributed by atoms with van der Waals surface area (Å²) in [4.78, 5) is 2.44. The number of ether oxygens (including phenoxy) is 1. The van der Waals surface area contributed by atoms with Crippen molar-refractivity contribution in [2.45, 2.75) is 18.2 Å². The molecule has 1 heterocycles. The first-order valence-corrected chi connectivity index (χ1v) is 5.85. The van der Waals surface area contributed by atoms with E-state index in [4.69, 9.17) is 10.5 Å². The third-order valence-corrected chi connectivity index (χ3v) is 3.34. The minimum absolute atomic E-state index is 0.167. The van der Waals surface area contributed by atoms with Gasteiger partial charge in [0.1, 0.15) is 0 Å². The smallest absolute Gasteiger partial charge is 0.0626 e. The number of hydrogen-bond donors (Lipinski definition) is 1. The molecule has 4 heteroatoms. The molecule has 1 aliphatic heterocycles. The fraction of sp³-hybridized carbons (Fsp3) is 1.00. The topological polar surface area (TPSA) is 38.5 Å². The van der Waals surface area contributed by atoms with Crippen molar-refractivity contribution in [1.29, 1.82) is 0 Å². The Labute approximate surface area is 85.0 Å². The highest BCUT2D eigenvalue weighted by molar-refractivity contribution is 7.99. The molecule has 2 atom stereocenters. The molecule has 2 N–H and O–H groups in total. The zero-order valence-electron chi connectivity index (χ0n) is 8.53. The van der Waals surface area contributed by atoms with Crippen LogP contribution in [0.3, 0.4) is 0 Å². The normalized spacial score (nSPS) is 27.5. The highest BCUT2D eigenvalue weighted by Crippen LogP contribution is 2.17. The number of rotatable bonds is 4. The lowest BCUT2D eigenvalue weighted by molar-refractivity contribution is 0.155. The summed E-state index contributed by atoms with van der Waals surface area (Å²) < 4.78 is 5.02. The lowest BCUT2D eigenvalue weighted by atomic mass is 10.3. The molecule has 0 aliphatic carbocycles. The van der Waals surface area contributed by atoms with Gasteiger partial charge in [-0.25, -0.2) is 0 Å². The second-order valence-electron chi connectivity index (χ2n) is 3.66. The van der Waals surface area contributed by atoms with E-state index in [-0.39, 0.29) is 6.04 Å². The average molecular weight is 204 g/mol. The van der Waals surface area contributed by atoms with Gasteiger partial charge in [-0.15, -0.1) is 0 Å². The summed E-state index contributed by atoms with van der Waals surface area (Å²) in [7, 11) is 1.70.